The van der Waals surface area contributed by atoms with Gasteiger partial charge in [-0.1, -0.05) is 0 Å². The summed E-state index contributed by atoms with van der Waals surface area (Å²) in [5.41, 5.74) is 1.18. The molecular formula is C11H16N4O. The lowest BCUT2D eigenvalue weighted by atomic mass is 10.3. The van der Waals surface area contributed by atoms with E-state index in [2.05, 4.69) is 15.4 Å². The van der Waals surface area contributed by atoms with Gasteiger partial charge < -0.3 is 9.73 Å². The van der Waals surface area contributed by atoms with Crippen LogP contribution in [-0.2, 0) is 20.0 Å². The molecule has 0 fully saturated rings. The molecule has 86 valence electrons. The Morgan fingerprint density at radius 3 is 3.00 bits per heavy atom. The van der Waals surface area contributed by atoms with Gasteiger partial charge in [0.2, 0.25) is 0 Å². The average Bonchev–Trinajstić information content (AvgIpc) is 2.83. The Balaban J connectivity index is 1.71. The minimum absolute atomic E-state index is 0.756. The minimum atomic E-state index is 0.756. The van der Waals surface area contributed by atoms with Crippen molar-refractivity contribution in [3.63, 3.8) is 0 Å². The Labute approximate surface area is 94.5 Å². The van der Waals surface area contributed by atoms with Crippen molar-refractivity contribution in [1.82, 2.24) is 20.1 Å². The third-order valence-corrected chi connectivity index (χ3v) is 2.43. The molecule has 0 atom stereocenters. The van der Waals surface area contributed by atoms with E-state index in [1.807, 2.05) is 20.0 Å². The van der Waals surface area contributed by atoms with Crippen molar-refractivity contribution in [3.05, 3.63) is 35.8 Å². The summed E-state index contributed by atoms with van der Waals surface area (Å²) in [6.07, 6.45) is 4.26. The van der Waals surface area contributed by atoms with Gasteiger partial charge in [0.05, 0.1) is 12.8 Å². The number of aromatic nitrogens is 3. The van der Waals surface area contributed by atoms with Crippen molar-refractivity contribution in [1.29, 1.82) is 0 Å². The molecule has 0 spiro atoms. The topological polar surface area (TPSA) is 55.9 Å². The molecule has 0 aromatic carbocycles. The molecule has 0 unspecified atom stereocenters. The van der Waals surface area contributed by atoms with Gasteiger partial charge in [0.25, 0.3) is 0 Å². The van der Waals surface area contributed by atoms with Crippen LogP contribution in [0.5, 0.6) is 0 Å². The zero-order valence-corrected chi connectivity index (χ0v) is 9.60. The molecule has 0 saturated heterocycles. The van der Waals surface area contributed by atoms with Gasteiger partial charge in [-0.3, -0.25) is 4.68 Å². The Bertz CT molecular complexity index is 446. The number of hydrogen-bond acceptors (Lipinski definition) is 4. The van der Waals surface area contributed by atoms with Crippen molar-refractivity contribution >= 4 is 0 Å². The molecule has 2 aromatic rings. The first-order valence-corrected chi connectivity index (χ1v) is 5.34. The number of furan rings is 1. The summed E-state index contributed by atoms with van der Waals surface area (Å²) in [5.74, 6) is 1.86. The Hall–Kier alpha value is -1.62. The van der Waals surface area contributed by atoms with E-state index in [0.29, 0.717) is 0 Å². The van der Waals surface area contributed by atoms with Gasteiger partial charge in [-0.05, 0) is 18.6 Å². The number of rotatable bonds is 5. The quantitative estimate of drug-likeness (QED) is 0.765. The molecule has 16 heavy (non-hydrogen) atoms. The highest BCUT2D eigenvalue weighted by atomic mass is 16.3. The third-order valence-electron chi connectivity index (χ3n) is 2.43. The molecule has 2 rings (SSSR count). The fourth-order valence-electron chi connectivity index (χ4n) is 1.49. The van der Waals surface area contributed by atoms with Gasteiger partial charge in [-0.15, -0.1) is 0 Å². The highest BCUT2D eigenvalue weighted by Gasteiger charge is 2.02. The lowest BCUT2D eigenvalue weighted by Gasteiger charge is -2.01. The van der Waals surface area contributed by atoms with E-state index in [0.717, 1.165) is 31.1 Å². The molecule has 5 heteroatoms. The first kappa shape index (κ1) is 10.9. The van der Waals surface area contributed by atoms with Gasteiger partial charge in [0, 0.05) is 20.0 Å². The summed E-state index contributed by atoms with van der Waals surface area (Å²) in [6.45, 7) is 3.65. The maximum absolute atomic E-state index is 5.32. The second-order valence-corrected chi connectivity index (χ2v) is 3.79. The molecule has 0 aliphatic rings. The second-order valence-electron chi connectivity index (χ2n) is 3.79. The smallest absolute Gasteiger partial charge is 0.151 e. The van der Waals surface area contributed by atoms with Crippen molar-refractivity contribution in [2.24, 2.45) is 7.05 Å². The van der Waals surface area contributed by atoms with Crippen LogP contribution < -0.4 is 5.32 Å². The van der Waals surface area contributed by atoms with Crippen LogP contribution in [0.2, 0.25) is 0 Å². The Kier molecular flexibility index (Phi) is 3.36. The molecular weight excluding hydrogens is 204 g/mol. The van der Waals surface area contributed by atoms with Crippen molar-refractivity contribution < 1.29 is 4.42 Å². The van der Waals surface area contributed by atoms with E-state index in [9.17, 15) is 0 Å². The molecule has 0 saturated carbocycles. The predicted molar refractivity (Wildman–Crippen MR) is 59.9 cm³/mol. The molecule has 0 radical (unpaired) electrons. The normalized spacial score (nSPS) is 10.9. The van der Waals surface area contributed by atoms with Crippen LogP contribution in [0.3, 0.4) is 0 Å². The van der Waals surface area contributed by atoms with Gasteiger partial charge in [-0.25, -0.2) is 4.98 Å². The van der Waals surface area contributed by atoms with E-state index in [4.69, 9.17) is 4.42 Å². The maximum Gasteiger partial charge on any atom is 0.151 e. The largest absolute Gasteiger partial charge is 0.468 e. The zero-order chi connectivity index (χ0) is 11.4. The fourth-order valence-corrected chi connectivity index (χ4v) is 1.49. The summed E-state index contributed by atoms with van der Waals surface area (Å²) in [4.78, 5) is 4.16. The molecule has 0 bridgehead atoms. The number of hydrogen-bond donors (Lipinski definition) is 1. The number of nitrogens with zero attached hydrogens (tertiary/aromatic N) is 3. The van der Waals surface area contributed by atoms with Crippen molar-refractivity contribution in [2.45, 2.75) is 19.9 Å². The highest BCUT2D eigenvalue weighted by molar-refractivity contribution is 5.14. The molecule has 1 N–H and O–H groups in total. The van der Waals surface area contributed by atoms with Gasteiger partial charge >= 0.3 is 0 Å². The monoisotopic (exact) mass is 220 g/mol. The minimum Gasteiger partial charge on any atom is -0.468 e. The molecule has 0 aliphatic heterocycles. The number of nitrogens with one attached hydrogen (secondary N) is 1. The van der Waals surface area contributed by atoms with Crippen LogP contribution in [0.15, 0.2) is 23.1 Å². The SMILES string of the molecule is Cc1ccoc1CNCCc1ncn(C)n1. The first-order chi connectivity index (χ1) is 7.75. The summed E-state index contributed by atoms with van der Waals surface area (Å²) in [5, 5.41) is 7.51. The summed E-state index contributed by atoms with van der Waals surface area (Å²) in [7, 11) is 1.87. The van der Waals surface area contributed by atoms with E-state index >= 15 is 0 Å². The summed E-state index contributed by atoms with van der Waals surface area (Å²) >= 11 is 0. The van der Waals surface area contributed by atoms with Gasteiger partial charge in [0.1, 0.15) is 12.1 Å². The van der Waals surface area contributed by atoms with Crippen LogP contribution >= 0.6 is 0 Å². The van der Waals surface area contributed by atoms with E-state index in [1.165, 1.54) is 5.56 Å². The molecule has 0 aliphatic carbocycles. The van der Waals surface area contributed by atoms with Crippen molar-refractivity contribution in [3.8, 4) is 0 Å². The number of aryl methyl sites for hydroxylation is 2. The summed E-state index contributed by atoms with van der Waals surface area (Å²) < 4.78 is 7.04. The standard InChI is InChI=1S/C11H16N4O/c1-9-4-6-16-10(9)7-12-5-3-11-13-8-15(2)14-11/h4,6,8,12H,3,5,7H2,1-2H3. The zero-order valence-electron chi connectivity index (χ0n) is 9.60. The Morgan fingerprint density at radius 2 is 2.38 bits per heavy atom. The van der Waals surface area contributed by atoms with Crippen LogP contribution in [-0.4, -0.2) is 21.3 Å². The van der Waals surface area contributed by atoms with Gasteiger partial charge in [-0.2, -0.15) is 5.10 Å². The van der Waals surface area contributed by atoms with Crippen LogP contribution in [0.25, 0.3) is 0 Å². The third kappa shape index (κ3) is 2.70. The van der Waals surface area contributed by atoms with E-state index in [1.54, 1.807) is 17.3 Å². The lowest BCUT2D eigenvalue weighted by molar-refractivity contribution is 0.480. The van der Waals surface area contributed by atoms with E-state index < -0.39 is 0 Å². The maximum atomic E-state index is 5.32. The van der Waals surface area contributed by atoms with Crippen molar-refractivity contribution in [2.75, 3.05) is 6.54 Å². The fraction of sp³-hybridized carbons (Fsp3) is 0.455. The van der Waals surface area contributed by atoms with Crippen LogP contribution in [0.4, 0.5) is 0 Å². The highest BCUT2D eigenvalue weighted by Crippen LogP contribution is 2.07. The molecule has 0 amide bonds. The average molecular weight is 220 g/mol. The lowest BCUT2D eigenvalue weighted by Crippen LogP contribution is -2.17. The Morgan fingerprint density at radius 1 is 1.50 bits per heavy atom. The second kappa shape index (κ2) is 4.94. The van der Waals surface area contributed by atoms with Crippen LogP contribution in [0.1, 0.15) is 17.1 Å². The first-order valence-electron chi connectivity index (χ1n) is 5.34. The summed E-state index contributed by atoms with van der Waals surface area (Å²) in [6, 6.07) is 1.97. The predicted octanol–water partition coefficient (Wildman–Crippen LogP) is 1.05. The molecule has 2 heterocycles. The van der Waals surface area contributed by atoms with Gasteiger partial charge in [0.15, 0.2) is 5.82 Å². The van der Waals surface area contributed by atoms with Crippen LogP contribution in [0, 0.1) is 6.92 Å². The molecule has 2 aromatic heterocycles. The van der Waals surface area contributed by atoms with E-state index in [-0.39, 0.29) is 0 Å². The molecule has 5 nitrogen and oxygen atoms in total.